The fraction of sp³-hybridized carbons (Fsp3) is 0.0357. The van der Waals surface area contributed by atoms with Gasteiger partial charge >= 0.3 is 0 Å². The Bertz CT molecular complexity index is 1530. The van der Waals surface area contributed by atoms with E-state index in [1.807, 2.05) is 0 Å². The van der Waals surface area contributed by atoms with E-state index in [0.717, 1.165) is 5.65 Å². The Hall–Kier alpha value is -3.91. The number of rotatable bonds is 2. The van der Waals surface area contributed by atoms with Crippen LogP contribution in [0, 0.1) is 6.92 Å². The minimum absolute atomic E-state index is 1.16. The lowest BCUT2D eigenvalue weighted by atomic mass is 9.96. The number of aryl methyl sites for hydroxylation is 1. The second kappa shape index (κ2) is 6.57. The summed E-state index contributed by atoms with van der Waals surface area (Å²) < 4.78 is 4.75. The number of pyridine rings is 1. The second-order valence-electron chi connectivity index (χ2n) is 7.71. The molecule has 0 fully saturated rings. The SMILES string of the molecule is Cc1c2ccccc2n2c1c(-c1ccccc1)c(-c1ccccc1)[n+]1ccccc21. The normalized spacial score (nSPS) is 11.5. The lowest BCUT2D eigenvalue weighted by molar-refractivity contribution is -0.501. The first-order valence-corrected chi connectivity index (χ1v) is 10.3. The van der Waals surface area contributed by atoms with E-state index < -0.39 is 0 Å². The van der Waals surface area contributed by atoms with E-state index in [0.29, 0.717) is 0 Å². The van der Waals surface area contributed by atoms with Crippen LogP contribution in [-0.4, -0.2) is 4.40 Å². The Kier molecular flexibility index (Phi) is 3.72. The minimum atomic E-state index is 1.16. The molecule has 0 aliphatic carbocycles. The van der Waals surface area contributed by atoms with Crippen molar-refractivity contribution in [3.05, 3.63) is 115 Å². The Morgan fingerprint density at radius 1 is 0.633 bits per heavy atom. The summed E-state index contributed by atoms with van der Waals surface area (Å²) in [5.41, 5.74) is 9.91. The summed E-state index contributed by atoms with van der Waals surface area (Å²) in [6.07, 6.45) is 2.17. The predicted octanol–water partition coefficient (Wildman–Crippen LogP) is 6.47. The van der Waals surface area contributed by atoms with E-state index in [2.05, 4.69) is 125 Å². The fourth-order valence-electron chi connectivity index (χ4n) is 4.73. The van der Waals surface area contributed by atoms with Gasteiger partial charge in [0.05, 0.1) is 11.8 Å². The average molecular weight is 385 g/mol. The average Bonchev–Trinajstić information content (AvgIpc) is 3.12. The predicted molar refractivity (Wildman–Crippen MR) is 124 cm³/mol. The molecule has 2 heteroatoms. The summed E-state index contributed by atoms with van der Waals surface area (Å²) in [5, 5.41) is 1.30. The van der Waals surface area contributed by atoms with Crippen LogP contribution in [0.1, 0.15) is 5.56 Å². The van der Waals surface area contributed by atoms with Crippen LogP contribution in [0.4, 0.5) is 0 Å². The molecule has 0 aliphatic rings. The van der Waals surface area contributed by atoms with Gasteiger partial charge in [0.25, 0.3) is 5.65 Å². The number of para-hydroxylation sites is 1. The molecule has 0 aliphatic heterocycles. The van der Waals surface area contributed by atoms with E-state index in [1.54, 1.807) is 0 Å². The van der Waals surface area contributed by atoms with Gasteiger partial charge in [0, 0.05) is 22.6 Å². The van der Waals surface area contributed by atoms with Gasteiger partial charge in [-0.25, -0.2) is 0 Å². The lowest BCUT2D eigenvalue weighted by Gasteiger charge is -2.13. The molecule has 0 amide bonds. The molecule has 3 aromatic heterocycles. The third kappa shape index (κ3) is 2.34. The fourth-order valence-corrected chi connectivity index (χ4v) is 4.73. The van der Waals surface area contributed by atoms with E-state index >= 15 is 0 Å². The molecule has 2 nitrogen and oxygen atoms in total. The van der Waals surface area contributed by atoms with Crippen molar-refractivity contribution in [2.45, 2.75) is 6.92 Å². The highest BCUT2D eigenvalue weighted by atomic mass is 15.1. The maximum absolute atomic E-state index is 2.42. The topological polar surface area (TPSA) is 8.51 Å². The molecule has 142 valence electrons. The highest BCUT2D eigenvalue weighted by Gasteiger charge is 2.27. The summed E-state index contributed by atoms with van der Waals surface area (Å²) in [6.45, 7) is 2.25. The van der Waals surface area contributed by atoms with Crippen LogP contribution in [-0.2, 0) is 0 Å². The zero-order valence-corrected chi connectivity index (χ0v) is 16.8. The van der Waals surface area contributed by atoms with Crippen molar-refractivity contribution < 1.29 is 4.40 Å². The zero-order valence-electron chi connectivity index (χ0n) is 16.8. The van der Waals surface area contributed by atoms with Gasteiger partial charge in [0.1, 0.15) is 11.0 Å². The third-order valence-electron chi connectivity index (χ3n) is 6.02. The van der Waals surface area contributed by atoms with Crippen molar-refractivity contribution in [2.24, 2.45) is 0 Å². The maximum atomic E-state index is 2.42. The number of hydrogen-bond donors (Lipinski definition) is 0. The number of hydrogen-bond acceptors (Lipinski definition) is 0. The molecule has 0 spiro atoms. The first-order chi connectivity index (χ1) is 14.8. The molecule has 3 heterocycles. The summed E-state index contributed by atoms with van der Waals surface area (Å²) >= 11 is 0. The van der Waals surface area contributed by atoms with Gasteiger partial charge in [-0.3, -0.25) is 0 Å². The molecule has 0 N–H and O–H groups in total. The van der Waals surface area contributed by atoms with Crippen molar-refractivity contribution in [1.82, 2.24) is 4.40 Å². The Morgan fingerprint density at radius 3 is 2.03 bits per heavy atom. The van der Waals surface area contributed by atoms with Crippen LogP contribution in [0.25, 0.3) is 44.5 Å². The van der Waals surface area contributed by atoms with Crippen LogP contribution >= 0.6 is 0 Å². The summed E-state index contributed by atoms with van der Waals surface area (Å²) in [4.78, 5) is 0. The van der Waals surface area contributed by atoms with E-state index in [4.69, 9.17) is 0 Å². The number of benzene rings is 3. The molecular weight excluding hydrogens is 364 g/mol. The molecule has 0 bridgehead atoms. The molecule has 3 aromatic carbocycles. The summed E-state index contributed by atoms with van der Waals surface area (Å²) in [7, 11) is 0. The smallest absolute Gasteiger partial charge is 0.198 e. The van der Waals surface area contributed by atoms with Gasteiger partial charge in [-0.1, -0.05) is 84.9 Å². The van der Waals surface area contributed by atoms with Gasteiger partial charge in [0.2, 0.25) is 0 Å². The van der Waals surface area contributed by atoms with Crippen LogP contribution in [0.2, 0.25) is 0 Å². The van der Waals surface area contributed by atoms with Crippen LogP contribution < -0.4 is 4.40 Å². The Morgan fingerprint density at radius 2 is 1.27 bits per heavy atom. The lowest BCUT2D eigenvalue weighted by Crippen LogP contribution is -2.28. The van der Waals surface area contributed by atoms with Crippen molar-refractivity contribution in [2.75, 3.05) is 0 Å². The van der Waals surface area contributed by atoms with E-state index in [-0.39, 0.29) is 0 Å². The van der Waals surface area contributed by atoms with Crippen LogP contribution in [0.5, 0.6) is 0 Å². The van der Waals surface area contributed by atoms with Crippen molar-refractivity contribution in [1.29, 1.82) is 0 Å². The van der Waals surface area contributed by atoms with Gasteiger partial charge in [0.15, 0.2) is 5.69 Å². The van der Waals surface area contributed by atoms with Crippen LogP contribution in [0.15, 0.2) is 109 Å². The monoisotopic (exact) mass is 385 g/mol. The second-order valence-corrected chi connectivity index (χ2v) is 7.71. The summed E-state index contributed by atoms with van der Waals surface area (Å²) in [6, 6.07) is 36.6. The molecule has 0 radical (unpaired) electrons. The van der Waals surface area contributed by atoms with Gasteiger partial charge in [-0.05, 0) is 24.6 Å². The first kappa shape index (κ1) is 17.0. The largest absolute Gasteiger partial charge is 0.292 e. The Labute approximate surface area is 175 Å². The number of fused-ring (bicyclic) bond motifs is 5. The molecule has 6 aromatic rings. The molecule has 30 heavy (non-hydrogen) atoms. The molecule has 0 atom stereocenters. The van der Waals surface area contributed by atoms with E-state index in [9.17, 15) is 0 Å². The third-order valence-corrected chi connectivity index (χ3v) is 6.02. The quantitative estimate of drug-likeness (QED) is 0.302. The van der Waals surface area contributed by atoms with E-state index in [1.165, 1.54) is 44.4 Å². The van der Waals surface area contributed by atoms with Crippen LogP contribution in [0.3, 0.4) is 0 Å². The first-order valence-electron chi connectivity index (χ1n) is 10.3. The number of aromatic nitrogens is 2. The summed E-state index contributed by atoms with van der Waals surface area (Å²) in [5.74, 6) is 0. The standard InChI is InChI=1S/C28H21N2/c1-20-23-16-8-9-17-24(23)30-25-18-10-11-19-29(25)28(22-14-6-3-7-15-22)26(27(20)30)21-12-4-2-5-13-21/h2-19H,1H3/q+1. The minimum Gasteiger partial charge on any atom is -0.198 e. The molecule has 0 unspecified atom stereocenters. The molecule has 0 saturated heterocycles. The van der Waals surface area contributed by atoms with Crippen molar-refractivity contribution >= 4 is 22.1 Å². The zero-order chi connectivity index (χ0) is 20.1. The Balaban J connectivity index is 1.97. The maximum Gasteiger partial charge on any atom is 0.292 e. The van der Waals surface area contributed by atoms with Gasteiger partial charge in [-0.15, -0.1) is 0 Å². The number of nitrogens with zero attached hydrogens (tertiary/aromatic N) is 2. The highest BCUT2D eigenvalue weighted by molar-refractivity contribution is 6.02. The molecule has 0 saturated carbocycles. The van der Waals surface area contributed by atoms with Gasteiger partial charge in [-0.2, -0.15) is 8.80 Å². The molecule has 6 rings (SSSR count). The molecular formula is C28H21N2+. The van der Waals surface area contributed by atoms with Crippen molar-refractivity contribution in [3.63, 3.8) is 0 Å². The highest BCUT2D eigenvalue weighted by Crippen LogP contribution is 2.39. The van der Waals surface area contributed by atoms with Crippen molar-refractivity contribution in [3.8, 4) is 22.4 Å². The van der Waals surface area contributed by atoms with Gasteiger partial charge < -0.3 is 0 Å².